The molecule has 0 saturated carbocycles. The molecule has 0 unspecified atom stereocenters. The van der Waals surface area contributed by atoms with E-state index in [1.165, 1.54) is 0 Å². The molecule has 0 aliphatic rings. The van der Waals surface area contributed by atoms with Gasteiger partial charge in [0.25, 0.3) is 0 Å². The van der Waals surface area contributed by atoms with Crippen LogP contribution in [0.25, 0.3) is 0 Å². The van der Waals surface area contributed by atoms with Crippen LogP contribution in [0.5, 0.6) is 0 Å². The van der Waals surface area contributed by atoms with Crippen LogP contribution >= 0.6 is 11.8 Å². The first-order chi connectivity index (χ1) is 9.06. The van der Waals surface area contributed by atoms with E-state index in [0.29, 0.717) is 18.9 Å². The summed E-state index contributed by atoms with van der Waals surface area (Å²) in [5, 5.41) is 2.98. The lowest BCUT2D eigenvalue weighted by Gasteiger charge is -2.17. The average Bonchev–Trinajstić information content (AvgIpc) is 2.38. The number of thioether (sulfide) groups is 1. The van der Waals surface area contributed by atoms with Crippen LogP contribution in [0.1, 0.15) is 26.7 Å². The summed E-state index contributed by atoms with van der Waals surface area (Å²) in [6.07, 6.45) is 3.50. The molecule has 1 aromatic rings. The first kappa shape index (κ1) is 16.1. The number of benzene rings is 1. The fourth-order valence-electron chi connectivity index (χ4n) is 2.14. The maximum atomic E-state index is 12.1. The number of anilines is 1. The molecule has 0 aliphatic carbocycles. The minimum Gasteiger partial charge on any atom is -0.330 e. The van der Waals surface area contributed by atoms with Crippen molar-refractivity contribution in [3.8, 4) is 0 Å². The molecule has 0 spiro atoms. The normalized spacial score (nSPS) is 12.5. The largest absolute Gasteiger partial charge is 0.330 e. The average molecular weight is 280 g/mol. The van der Waals surface area contributed by atoms with E-state index < -0.39 is 0 Å². The first-order valence-electron chi connectivity index (χ1n) is 6.69. The smallest absolute Gasteiger partial charge is 0.224 e. The van der Waals surface area contributed by atoms with Gasteiger partial charge in [-0.1, -0.05) is 26.0 Å². The number of carbonyl (C=O) groups excluding carboxylic acids is 1. The van der Waals surface area contributed by atoms with Gasteiger partial charge in [-0.15, -0.1) is 11.8 Å². The summed E-state index contributed by atoms with van der Waals surface area (Å²) in [6.45, 7) is 4.88. The van der Waals surface area contributed by atoms with Gasteiger partial charge < -0.3 is 11.1 Å². The van der Waals surface area contributed by atoms with E-state index in [0.717, 1.165) is 17.0 Å². The van der Waals surface area contributed by atoms with Crippen LogP contribution < -0.4 is 11.1 Å². The molecule has 0 bridgehead atoms. The summed E-state index contributed by atoms with van der Waals surface area (Å²) < 4.78 is 0. The van der Waals surface area contributed by atoms with E-state index in [2.05, 4.69) is 19.2 Å². The molecule has 3 nitrogen and oxygen atoms in total. The molecule has 1 amide bonds. The van der Waals surface area contributed by atoms with Crippen molar-refractivity contribution in [1.29, 1.82) is 0 Å². The quantitative estimate of drug-likeness (QED) is 0.753. The zero-order valence-electron chi connectivity index (χ0n) is 12.0. The van der Waals surface area contributed by atoms with E-state index in [4.69, 9.17) is 5.73 Å². The Kier molecular flexibility index (Phi) is 6.95. The number of carbonyl (C=O) groups is 1. The molecule has 3 N–H and O–H groups in total. The van der Waals surface area contributed by atoms with Crippen LogP contribution in [0, 0.1) is 11.8 Å². The number of amides is 1. The van der Waals surface area contributed by atoms with E-state index in [1.54, 1.807) is 11.8 Å². The molecule has 4 heteroatoms. The number of hydrogen-bond donors (Lipinski definition) is 2. The van der Waals surface area contributed by atoms with Crippen molar-refractivity contribution in [1.82, 2.24) is 0 Å². The Morgan fingerprint density at radius 3 is 2.63 bits per heavy atom. The summed E-state index contributed by atoms with van der Waals surface area (Å²) >= 11 is 1.63. The van der Waals surface area contributed by atoms with Crippen LogP contribution in [0.3, 0.4) is 0 Å². The van der Waals surface area contributed by atoms with Crippen molar-refractivity contribution in [2.24, 2.45) is 17.6 Å². The SMILES string of the molecule is CSc1ccccc1NC(=O)C[C@@H](CN)CC(C)C. The van der Waals surface area contributed by atoms with Gasteiger partial charge in [0.1, 0.15) is 0 Å². The van der Waals surface area contributed by atoms with Gasteiger partial charge in [-0.2, -0.15) is 0 Å². The van der Waals surface area contributed by atoms with Gasteiger partial charge in [0.15, 0.2) is 0 Å². The monoisotopic (exact) mass is 280 g/mol. The van der Waals surface area contributed by atoms with Crippen LogP contribution in [-0.2, 0) is 4.79 Å². The van der Waals surface area contributed by atoms with Crippen LogP contribution in [0.2, 0.25) is 0 Å². The maximum absolute atomic E-state index is 12.1. The maximum Gasteiger partial charge on any atom is 0.224 e. The number of hydrogen-bond acceptors (Lipinski definition) is 3. The molecule has 106 valence electrons. The lowest BCUT2D eigenvalue weighted by Crippen LogP contribution is -2.23. The summed E-state index contributed by atoms with van der Waals surface area (Å²) in [6, 6.07) is 7.85. The van der Waals surface area contributed by atoms with Gasteiger partial charge in [-0.3, -0.25) is 4.79 Å². The van der Waals surface area contributed by atoms with Gasteiger partial charge in [0, 0.05) is 11.3 Å². The highest BCUT2D eigenvalue weighted by molar-refractivity contribution is 7.98. The molecule has 1 aromatic carbocycles. The van der Waals surface area contributed by atoms with Crippen molar-refractivity contribution in [3.05, 3.63) is 24.3 Å². The third-order valence-electron chi connectivity index (χ3n) is 2.99. The molecule has 0 fully saturated rings. The third kappa shape index (κ3) is 5.66. The molecule has 0 saturated heterocycles. The molecule has 1 atom stereocenters. The Bertz CT molecular complexity index is 407. The first-order valence-corrected chi connectivity index (χ1v) is 7.92. The molecule has 0 radical (unpaired) electrons. The Hall–Kier alpha value is -1.00. The topological polar surface area (TPSA) is 55.1 Å². The molecular weight excluding hydrogens is 256 g/mol. The predicted octanol–water partition coefficient (Wildman–Crippen LogP) is 3.36. The molecular formula is C15H24N2OS. The number of nitrogens with one attached hydrogen (secondary N) is 1. The molecule has 0 aromatic heterocycles. The Balaban J connectivity index is 2.59. The highest BCUT2D eigenvalue weighted by atomic mass is 32.2. The van der Waals surface area contributed by atoms with Gasteiger partial charge in [-0.05, 0) is 43.2 Å². The van der Waals surface area contributed by atoms with Crippen molar-refractivity contribution >= 4 is 23.4 Å². The Labute approximate surface area is 120 Å². The summed E-state index contributed by atoms with van der Waals surface area (Å²) in [5.74, 6) is 0.888. The van der Waals surface area contributed by atoms with Crippen molar-refractivity contribution < 1.29 is 4.79 Å². The standard InChI is InChI=1S/C15H24N2OS/c1-11(2)8-12(10-16)9-15(18)17-13-6-4-5-7-14(13)19-3/h4-7,11-12H,8-10,16H2,1-3H3,(H,17,18)/t12-/m0/s1. The van der Waals surface area contributed by atoms with E-state index in [-0.39, 0.29) is 11.8 Å². The Morgan fingerprint density at radius 2 is 2.05 bits per heavy atom. The van der Waals surface area contributed by atoms with Crippen molar-refractivity contribution in [2.75, 3.05) is 18.1 Å². The summed E-state index contributed by atoms with van der Waals surface area (Å²) in [7, 11) is 0. The second-order valence-corrected chi connectivity index (χ2v) is 6.03. The molecule has 0 aliphatic heterocycles. The van der Waals surface area contributed by atoms with Crippen molar-refractivity contribution in [3.63, 3.8) is 0 Å². The van der Waals surface area contributed by atoms with Gasteiger partial charge in [0.05, 0.1) is 5.69 Å². The highest BCUT2D eigenvalue weighted by Gasteiger charge is 2.14. The summed E-state index contributed by atoms with van der Waals surface area (Å²) in [4.78, 5) is 13.1. The molecule has 0 heterocycles. The highest BCUT2D eigenvalue weighted by Crippen LogP contribution is 2.25. The Morgan fingerprint density at radius 1 is 1.37 bits per heavy atom. The predicted molar refractivity (Wildman–Crippen MR) is 83.5 cm³/mol. The van der Waals surface area contributed by atoms with Crippen LogP contribution in [-0.4, -0.2) is 18.7 Å². The zero-order valence-corrected chi connectivity index (χ0v) is 12.8. The zero-order chi connectivity index (χ0) is 14.3. The fraction of sp³-hybridized carbons (Fsp3) is 0.533. The minimum absolute atomic E-state index is 0.0533. The lowest BCUT2D eigenvalue weighted by molar-refractivity contribution is -0.117. The number of nitrogens with two attached hydrogens (primary N) is 1. The minimum atomic E-state index is 0.0533. The van der Waals surface area contributed by atoms with Gasteiger partial charge in [-0.25, -0.2) is 0 Å². The van der Waals surface area contributed by atoms with E-state index in [1.807, 2.05) is 30.5 Å². The second-order valence-electron chi connectivity index (χ2n) is 5.18. The van der Waals surface area contributed by atoms with Crippen LogP contribution in [0.15, 0.2) is 29.2 Å². The van der Waals surface area contributed by atoms with Crippen molar-refractivity contribution in [2.45, 2.75) is 31.6 Å². The van der Waals surface area contributed by atoms with Gasteiger partial charge in [0.2, 0.25) is 5.91 Å². The number of rotatable bonds is 7. The number of para-hydroxylation sites is 1. The third-order valence-corrected chi connectivity index (χ3v) is 3.79. The molecule has 1 rings (SSSR count). The molecule has 19 heavy (non-hydrogen) atoms. The van der Waals surface area contributed by atoms with Crippen LogP contribution in [0.4, 0.5) is 5.69 Å². The summed E-state index contributed by atoms with van der Waals surface area (Å²) in [5.41, 5.74) is 6.62. The fourth-order valence-corrected chi connectivity index (χ4v) is 2.69. The van der Waals surface area contributed by atoms with E-state index >= 15 is 0 Å². The lowest BCUT2D eigenvalue weighted by atomic mass is 9.94. The van der Waals surface area contributed by atoms with Gasteiger partial charge >= 0.3 is 0 Å². The second kappa shape index (κ2) is 8.23. The van der Waals surface area contributed by atoms with E-state index in [9.17, 15) is 4.79 Å².